The Morgan fingerprint density at radius 2 is 2.27 bits per heavy atom. The molecule has 1 unspecified atom stereocenters. The molecule has 0 bridgehead atoms. The lowest BCUT2D eigenvalue weighted by molar-refractivity contribution is -0.140. The third-order valence-corrected chi connectivity index (χ3v) is 2.72. The van der Waals surface area contributed by atoms with Gasteiger partial charge in [-0.2, -0.15) is 0 Å². The maximum Gasteiger partial charge on any atom is 0.312 e. The van der Waals surface area contributed by atoms with Gasteiger partial charge in [0.25, 0.3) is 0 Å². The number of likely N-dealkylation sites (tertiary alicyclic amines) is 1. The first-order valence-electron chi connectivity index (χ1n) is 5.32. The molecule has 0 aromatic rings. The first-order valence-corrected chi connectivity index (χ1v) is 5.32. The summed E-state index contributed by atoms with van der Waals surface area (Å²) in [4.78, 5) is 23.6. The van der Waals surface area contributed by atoms with E-state index in [2.05, 4.69) is 17.1 Å². The quantitative estimate of drug-likeness (QED) is 0.628. The molecule has 0 aromatic heterocycles. The van der Waals surface area contributed by atoms with Crippen LogP contribution in [0.4, 0.5) is 0 Å². The molecular weight excluding hydrogens is 196 g/mol. The van der Waals surface area contributed by atoms with Crippen LogP contribution in [-0.2, 0) is 9.59 Å². The molecule has 0 aromatic carbocycles. The van der Waals surface area contributed by atoms with Crippen LogP contribution in [0.2, 0.25) is 0 Å². The van der Waals surface area contributed by atoms with Crippen LogP contribution in [0.15, 0.2) is 0 Å². The van der Waals surface area contributed by atoms with Crippen molar-refractivity contribution in [2.45, 2.75) is 19.8 Å². The molecule has 86 valence electrons. The second-order valence-corrected chi connectivity index (χ2v) is 3.92. The lowest BCUT2D eigenvalue weighted by Crippen LogP contribution is -2.32. The smallest absolute Gasteiger partial charge is 0.312 e. The number of aliphatic carboxylic acids is 1. The van der Waals surface area contributed by atoms with Gasteiger partial charge in [0.2, 0.25) is 5.91 Å². The maximum absolute atomic E-state index is 11.1. The molecule has 1 amide bonds. The van der Waals surface area contributed by atoms with E-state index in [9.17, 15) is 9.59 Å². The number of carboxylic acid groups (broad SMARTS) is 1. The molecule has 1 rings (SSSR count). The number of hydrogen-bond acceptors (Lipinski definition) is 3. The molecule has 1 saturated heterocycles. The van der Waals surface area contributed by atoms with Gasteiger partial charge in [-0.25, -0.2) is 0 Å². The van der Waals surface area contributed by atoms with E-state index in [4.69, 9.17) is 5.11 Å². The molecule has 1 fully saturated rings. The molecule has 0 radical (unpaired) electrons. The zero-order valence-electron chi connectivity index (χ0n) is 9.03. The predicted molar refractivity (Wildman–Crippen MR) is 55.5 cm³/mol. The van der Waals surface area contributed by atoms with E-state index < -0.39 is 18.3 Å². The lowest BCUT2D eigenvalue weighted by Gasteiger charge is -2.13. The Morgan fingerprint density at radius 3 is 2.80 bits per heavy atom. The molecule has 5 nitrogen and oxygen atoms in total. The van der Waals surface area contributed by atoms with Gasteiger partial charge >= 0.3 is 5.97 Å². The van der Waals surface area contributed by atoms with Crippen LogP contribution in [0.25, 0.3) is 0 Å². The summed E-state index contributed by atoms with van der Waals surface area (Å²) in [6.45, 7) is 5.84. The van der Waals surface area contributed by atoms with Crippen LogP contribution < -0.4 is 5.32 Å². The first kappa shape index (κ1) is 12.0. The zero-order valence-corrected chi connectivity index (χ0v) is 9.03. The Bertz CT molecular complexity index is 243. The summed E-state index contributed by atoms with van der Waals surface area (Å²) in [6.07, 6.45) is 0.658. The Hall–Kier alpha value is -1.10. The highest BCUT2D eigenvalue weighted by atomic mass is 16.4. The highest BCUT2D eigenvalue weighted by Crippen LogP contribution is 2.14. The molecule has 5 heteroatoms. The lowest BCUT2D eigenvalue weighted by atomic mass is 10.1. The SMILES string of the molecule is CCN1CCC(CNC(=O)CC(=O)O)C1. The normalized spacial score (nSPS) is 21.5. The minimum absolute atomic E-state index is 0.391. The second-order valence-electron chi connectivity index (χ2n) is 3.92. The van der Waals surface area contributed by atoms with Crippen LogP contribution in [0.1, 0.15) is 19.8 Å². The molecular formula is C10H18N2O3. The molecule has 1 atom stereocenters. The molecule has 1 heterocycles. The van der Waals surface area contributed by atoms with E-state index in [1.165, 1.54) is 0 Å². The van der Waals surface area contributed by atoms with Crippen molar-refractivity contribution in [3.63, 3.8) is 0 Å². The van der Waals surface area contributed by atoms with E-state index in [1.54, 1.807) is 0 Å². The van der Waals surface area contributed by atoms with Crippen molar-refractivity contribution < 1.29 is 14.7 Å². The van der Waals surface area contributed by atoms with Crippen LogP contribution in [0, 0.1) is 5.92 Å². The molecule has 0 spiro atoms. The largest absolute Gasteiger partial charge is 0.481 e. The number of carbonyl (C=O) groups excluding carboxylic acids is 1. The molecule has 0 aliphatic carbocycles. The van der Waals surface area contributed by atoms with Gasteiger partial charge < -0.3 is 15.3 Å². The first-order chi connectivity index (χ1) is 7.11. The van der Waals surface area contributed by atoms with Crippen molar-refractivity contribution in [1.29, 1.82) is 0 Å². The third kappa shape index (κ3) is 4.29. The fraction of sp³-hybridized carbons (Fsp3) is 0.800. The average molecular weight is 214 g/mol. The standard InChI is InChI=1S/C10H18N2O3/c1-2-12-4-3-8(7-12)6-11-9(13)5-10(14)15/h8H,2-7H2,1H3,(H,11,13)(H,14,15). The molecule has 2 N–H and O–H groups in total. The van der Waals surface area contributed by atoms with E-state index in [1.807, 2.05) is 0 Å². The monoisotopic (exact) mass is 214 g/mol. The van der Waals surface area contributed by atoms with Gasteiger partial charge in [-0.3, -0.25) is 9.59 Å². The van der Waals surface area contributed by atoms with Crippen LogP contribution >= 0.6 is 0 Å². The summed E-state index contributed by atoms with van der Waals surface area (Å²) < 4.78 is 0. The van der Waals surface area contributed by atoms with Gasteiger partial charge in [0.1, 0.15) is 6.42 Å². The Kier molecular flexibility index (Phi) is 4.55. The van der Waals surface area contributed by atoms with E-state index in [-0.39, 0.29) is 0 Å². The highest BCUT2D eigenvalue weighted by molar-refractivity contribution is 5.93. The van der Waals surface area contributed by atoms with Crippen molar-refractivity contribution in [3.05, 3.63) is 0 Å². The summed E-state index contributed by atoms with van der Waals surface area (Å²) in [5.74, 6) is -0.991. The van der Waals surface area contributed by atoms with E-state index in [0.29, 0.717) is 12.5 Å². The Balaban J connectivity index is 2.15. The minimum Gasteiger partial charge on any atom is -0.481 e. The van der Waals surface area contributed by atoms with Crippen molar-refractivity contribution >= 4 is 11.9 Å². The Morgan fingerprint density at radius 1 is 1.53 bits per heavy atom. The van der Waals surface area contributed by atoms with Gasteiger partial charge in [-0.15, -0.1) is 0 Å². The fourth-order valence-electron chi connectivity index (χ4n) is 1.82. The van der Waals surface area contributed by atoms with E-state index >= 15 is 0 Å². The summed E-state index contributed by atoms with van der Waals surface area (Å²) in [5, 5.41) is 11.0. The van der Waals surface area contributed by atoms with E-state index in [0.717, 1.165) is 26.1 Å². The number of hydrogen-bond donors (Lipinski definition) is 2. The van der Waals surface area contributed by atoms with Crippen molar-refractivity contribution in [2.75, 3.05) is 26.2 Å². The topological polar surface area (TPSA) is 69.6 Å². The molecule has 1 aliphatic heterocycles. The summed E-state index contributed by atoms with van der Waals surface area (Å²) in [7, 11) is 0. The van der Waals surface area contributed by atoms with Gasteiger partial charge in [-0.05, 0) is 25.4 Å². The highest BCUT2D eigenvalue weighted by Gasteiger charge is 2.21. The van der Waals surface area contributed by atoms with Gasteiger partial charge in [0, 0.05) is 13.1 Å². The van der Waals surface area contributed by atoms with Crippen LogP contribution in [-0.4, -0.2) is 48.1 Å². The van der Waals surface area contributed by atoms with Gasteiger partial charge in [0.15, 0.2) is 0 Å². The number of amides is 1. The molecule has 1 aliphatic rings. The maximum atomic E-state index is 11.1. The number of rotatable bonds is 5. The molecule has 0 saturated carbocycles. The summed E-state index contributed by atoms with van der Waals surface area (Å²) >= 11 is 0. The fourth-order valence-corrected chi connectivity index (χ4v) is 1.82. The second kappa shape index (κ2) is 5.70. The minimum atomic E-state index is -1.07. The summed E-state index contributed by atoms with van der Waals surface area (Å²) in [5.41, 5.74) is 0. The van der Waals surface area contributed by atoms with Crippen molar-refractivity contribution in [3.8, 4) is 0 Å². The number of nitrogens with one attached hydrogen (secondary N) is 1. The number of nitrogens with zero attached hydrogens (tertiary/aromatic N) is 1. The predicted octanol–water partition coefficient (Wildman–Crippen LogP) is -0.0809. The Labute approximate surface area is 89.4 Å². The molecule has 15 heavy (non-hydrogen) atoms. The van der Waals surface area contributed by atoms with Crippen molar-refractivity contribution in [2.24, 2.45) is 5.92 Å². The number of carboxylic acids is 1. The van der Waals surface area contributed by atoms with Crippen LogP contribution in [0.3, 0.4) is 0 Å². The average Bonchev–Trinajstić information content (AvgIpc) is 2.61. The summed E-state index contributed by atoms with van der Waals surface area (Å²) in [6, 6.07) is 0. The van der Waals surface area contributed by atoms with Gasteiger partial charge in [0.05, 0.1) is 0 Å². The van der Waals surface area contributed by atoms with Crippen molar-refractivity contribution in [1.82, 2.24) is 10.2 Å². The zero-order chi connectivity index (χ0) is 11.3. The number of carbonyl (C=O) groups is 2. The van der Waals surface area contributed by atoms with Crippen LogP contribution in [0.5, 0.6) is 0 Å². The van der Waals surface area contributed by atoms with Gasteiger partial charge in [-0.1, -0.05) is 6.92 Å². The third-order valence-electron chi connectivity index (χ3n) is 2.72.